The van der Waals surface area contributed by atoms with Crippen molar-refractivity contribution in [1.82, 2.24) is 16.0 Å². The molecule has 258 valence electrons. The Morgan fingerprint density at radius 2 is 1.25 bits per heavy atom. The molecule has 0 bridgehead atoms. The van der Waals surface area contributed by atoms with Crippen LogP contribution in [0.5, 0.6) is 0 Å². The summed E-state index contributed by atoms with van der Waals surface area (Å²) in [5, 5.41) is 9.84. The molecule has 6 nitrogen and oxygen atoms in total. The monoisotopic (exact) mass is 663 g/mol. The van der Waals surface area contributed by atoms with Gasteiger partial charge in [0.15, 0.2) is 0 Å². The molecule has 1 fully saturated rings. The Morgan fingerprint density at radius 3 is 1.69 bits per heavy atom. The number of ether oxygens (including phenoxy) is 1. The SMILES string of the molecule is CC1(C)CC(NC(=O)C(/C=C/[C@H](NC(=O)OC(C)(C)C)c2ccc(F)cc2)(Cc2ccc(F)cc2)Cc2ccc(F)cc2)CC(C)(C)N1. The highest BCUT2D eigenvalue weighted by molar-refractivity contribution is 5.86. The zero-order valence-electron chi connectivity index (χ0n) is 28.9. The molecule has 0 aliphatic carbocycles. The molecule has 1 heterocycles. The Morgan fingerprint density at radius 1 is 0.812 bits per heavy atom. The lowest BCUT2D eigenvalue weighted by Crippen LogP contribution is -2.63. The molecule has 48 heavy (non-hydrogen) atoms. The number of rotatable bonds is 10. The molecule has 3 aromatic rings. The molecule has 3 aromatic carbocycles. The lowest BCUT2D eigenvalue weighted by Gasteiger charge is -2.47. The van der Waals surface area contributed by atoms with Gasteiger partial charge in [0, 0.05) is 17.1 Å². The first-order valence-corrected chi connectivity index (χ1v) is 16.4. The topological polar surface area (TPSA) is 79.5 Å². The molecule has 4 rings (SSSR count). The largest absolute Gasteiger partial charge is 0.444 e. The number of piperidine rings is 1. The van der Waals surface area contributed by atoms with Gasteiger partial charge < -0.3 is 20.7 Å². The van der Waals surface area contributed by atoms with E-state index in [9.17, 15) is 22.8 Å². The molecule has 3 N–H and O–H groups in total. The van der Waals surface area contributed by atoms with Crippen molar-refractivity contribution < 1.29 is 27.5 Å². The number of amides is 2. The Hall–Kier alpha value is -4.11. The third-order valence-corrected chi connectivity index (χ3v) is 8.35. The van der Waals surface area contributed by atoms with Crippen molar-refractivity contribution in [2.45, 2.75) is 103 Å². The van der Waals surface area contributed by atoms with Crippen molar-refractivity contribution in [1.29, 1.82) is 0 Å². The first-order valence-electron chi connectivity index (χ1n) is 16.4. The van der Waals surface area contributed by atoms with E-state index in [1.54, 1.807) is 69.3 Å². The summed E-state index contributed by atoms with van der Waals surface area (Å²) in [5.41, 5.74) is -0.535. The fourth-order valence-corrected chi connectivity index (χ4v) is 6.73. The van der Waals surface area contributed by atoms with Gasteiger partial charge in [0.25, 0.3) is 0 Å². The van der Waals surface area contributed by atoms with E-state index in [-0.39, 0.29) is 35.9 Å². The van der Waals surface area contributed by atoms with Gasteiger partial charge in [0.1, 0.15) is 23.1 Å². The maximum Gasteiger partial charge on any atom is 0.408 e. The van der Waals surface area contributed by atoms with E-state index in [2.05, 4.69) is 43.6 Å². The van der Waals surface area contributed by atoms with Crippen LogP contribution in [0.4, 0.5) is 18.0 Å². The van der Waals surface area contributed by atoms with Crippen molar-refractivity contribution in [2.75, 3.05) is 0 Å². The standard InChI is InChI=1S/C39H48F3N3O3/c1-36(2,3)48-35(47)44-33(28-12-18-31(42)19-13-28)20-21-39(22-26-8-14-29(40)15-9-26,23-27-10-16-30(41)17-11-27)34(46)43-32-24-37(4,5)45-38(6,7)25-32/h8-21,32-33,45H,22-25H2,1-7H3,(H,43,46)(H,44,47)/b21-20+/t33-/m0/s1. The van der Waals surface area contributed by atoms with Crippen LogP contribution < -0.4 is 16.0 Å². The number of benzene rings is 3. The van der Waals surface area contributed by atoms with Crippen LogP contribution in [-0.4, -0.2) is 34.7 Å². The van der Waals surface area contributed by atoms with Crippen molar-refractivity contribution in [3.8, 4) is 0 Å². The lowest BCUT2D eigenvalue weighted by molar-refractivity contribution is -0.130. The molecule has 9 heteroatoms. The number of halogens is 3. The van der Waals surface area contributed by atoms with E-state index in [0.717, 1.165) is 0 Å². The molecule has 1 aliphatic heterocycles. The fourth-order valence-electron chi connectivity index (χ4n) is 6.73. The second-order valence-electron chi connectivity index (χ2n) is 15.3. The minimum Gasteiger partial charge on any atom is -0.444 e. The third kappa shape index (κ3) is 10.7. The summed E-state index contributed by atoms with van der Waals surface area (Å²) in [6, 6.07) is 16.7. The summed E-state index contributed by atoms with van der Waals surface area (Å²) < 4.78 is 47.5. The summed E-state index contributed by atoms with van der Waals surface area (Å²) in [6.07, 6.45) is 4.51. The molecule has 0 unspecified atom stereocenters. The Bertz CT molecular complexity index is 1510. The predicted octanol–water partition coefficient (Wildman–Crippen LogP) is 8.12. The molecule has 1 aliphatic rings. The summed E-state index contributed by atoms with van der Waals surface area (Å²) in [4.78, 5) is 27.8. The van der Waals surface area contributed by atoms with Crippen LogP contribution in [0.25, 0.3) is 0 Å². The number of hydrogen-bond donors (Lipinski definition) is 3. The summed E-state index contributed by atoms with van der Waals surface area (Å²) in [6.45, 7) is 13.7. The fraction of sp³-hybridized carbons (Fsp3) is 0.436. The van der Waals surface area contributed by atoms with E-state index >= 15 is 0 Å². The van der Waals surface area contributed by atoms with Crippen LogP contribution in [0.15, 0.2) is 84.9 Å². The average Bonchev–Trinajstić information content (AvgIpc) is 2.95. The number of nitrogens with one attached hydrogen (secondary N) is 3. The van der Waals surface area contributed by atoms with E-state index in [0.29, 0.717) is 29.5 Å². The number of carbonyl (C=O) groups excluding carboxylic acids is 2. The maximum atomic E-state index is 14.8. The quantitative estimate of drug-likeness (QED) is 0.192. The first-order chi connectivity index (χ1) is 22.3. The smallest absolute Gasteiger partial charge is 0.408 e. The van der Waals surface area contributed by atoms with Gasteiger partial charge in [-0.05, 0) is 127 Å². The van der Waals surface area contributed by atoms with Crippen LogP contribution in [0, 0.1) is 22.9 Å². The van der Waals surface area contributed by atoms with Crippen molar-refractivity contribution in [2.24, 2.45) is 5.41 Å². The van der Waals surface area contributed by atoms with Crippen LogP contribution >= 0.6 is 0 Å². The van der Waals surface area contributed by atoms with Gasteiger partial charge in [-0.15, -0.1) is 0 Å². The van der Waals surface area contributed by atoms with Crippen LogP contribution in [0.2, 0.25) is 0 Å². The normalized spacial score (nSPS) is 17.1. The summed E-state index contributed by atoms with van der Waals surface area (Å²) in [7, 11) is 0. The summed E-state index contributed by atoms with van der Waals surface area (Å²) in [5.74, 6) is -1.51. The Balaban J connectivity index is 1.83. The summed E-state index contributed by atoms with van der Waals surface area (Å²) >= 11 is 0. The van der Waals surface area contributed by atoms with Crippen LogP contribution in [0.3, 0.4) is 0 Å². The molecule has 1 atom stereocenters. The maximum absolute atomic E-state index is 14.8. The van der Waals surface area contributed by atoms with Gasteiger partial charge in [-0.2, -0.15) is 0 Å². The average molecular weight is 664 g/mol. The van der Waals surface area contributed by atoms with Gasteiger partial charge in [-0.1, -0.05) is 48.6 Å². The van der Waals surface area contributed by atoms with Crippen molar-refractivity contribution >= 4 is 12.0 Å². The van der Waals surface area contributed by atoms with Gasteiger partial charge in [-0.3, -0.25) is 4.79 Å². The second-order valence-corrected chi connectivity index (χ2v) is 15.3. The molecule has 0 aromatic heterocycles. The van der Waals surface area contributed by atoms with Gasteiger partial charge in [0.05, 0.1) is 11.5 Å². The third-order valence-electron chi connectivity index (χ3n) is 8.35. The van der Waals surface area contributed by atoms with Crippen molar-refractivity contribution in [3.63, 3.8) is 0 Å². The zero-order chi connectivity index (χ0) is 35.3. The predicted molar refractivity (Wildman–Crippen MR) is 183 cm³/mol. The molecule has 0 radical (unpaired) electrons. The van der Waals surface area contributed by atoms with Crippen molar-refractivity contribution in [3.05, 3.63) is 119 Å². The van der Waals surface area contributed by atoms with Crippen LogP contribution in [0.1, 0.15) is 84.0 Å². The van der Waals surface area contributed by atoms with E-state index in [4.69, 9.17) is 4.74 Å². The Kier molecular flexibility index (Phi) is 11.1. The lowest BCUT2D eigenvalue weighted by atomic mass is 9.73. The van der Waals surface area contributed by atoms with Gasteiger partial charge in [0.2, 0.25) is 5.91 Å². The molecule has 2 amide bonds. The first kappa shape index (κ1) is 36.7. The highest BCUT2D eigenvalue weighted by Gasteiger charge is 2.42. The van der Waals surface area contributed by atoms with E-state index < -0.39 is 40.6 Å². The number of alkyl carbamates (subject to hydrolysis) is 1. The van der Waals surface area contributed by atoms with Crippen LogP contribution in [-0.2, 0) is 22.4 Å². The van der Waals surface area contributed by atoms with Gasteiger partial charge in [-0.25, -0.2) is 18.0 Å². The Labute approximate surface area is 282 Å². The number of hydrogen-bond acceptors (Lipinski definition) is 4. The zero-order valence-corrected chi connectivity index (χ0v) is 28.9. The van der Waals surface area contributed by atoms with Gasteiger partial charge >= 0.3 is 6.09 Å². The highest BCUT2D eigenvalue weighted by atomic mass is 19.1. The molecular weight excluding hydrogens is 615 g/mol. The van der Waals surface area contributed by atoms with E-state index in [1.165, 1.54) is 36.4 Å². The molecule has 0 spiro atoms. The van der Waals surface area contributed by atoms with E-state index in [1.807, 2.05) is 0 Å². The highest BCUT2D eigenvalue weighted by Crippen LogP contribution is 2.35. The minimum absolute atomic E-state index is 0.161. The number of carbonyl (C=O) groups is 2. The molecule has 1 saturated heterocycles. The minimum atomic E-state index is -1.28. The second kappa shape index (κ2) is 14.6. The molecule has 0 saturated carbocycles. The molecular formula is C39H48F3N3O3.